The maximum atomic E-state index is 5.15. The van der Waals surface area contributed by atoms with Gasteiger partial charge in [0, 0.05) is 40.5 Å². The van der Waals surface area contributed by atoms with E-state index in [2.05, 4.69) is 25.6 Å². The second-order valence-electron chi connectivity index (χ2n) is 6.03. The monoisotopic (exact) mass is 322 g/mol. The first-order valence-corrected chi connectivity index (χ1v) is 8.35. The summed E-state index contributed by atoms with van der Waals surface area (Å²) in [7, 11) is 5.53. The Labute approximate surface area is 139 Å². The zero-order valence-electron chi connectivity index (χ0n) is 14.6. The number of hydrogen-bond donors (Lipinski definition) is 2. The summed E-state index contributed by atoms with van der Waals surface area (Å²) >= 11 is 0. The Balaban J connectivity index is 1.65. The summed E-state index contributed by atoms with van der Waals surface area (Å²) in [4.78, 5) is 6.78. The van der Waals surface area contributed by atoms with Gasteiger partial charge in [-0.25, -0.2) is 0 Å². The molecule has 0 aliphatic carbocycles. The fourth-order valence-corrected chi connectivity index (χ4v) is 2.85. The molecule has 7 nitrogen and oxygen atoms in total. The fourth-order valence-electron chi connectivity index (χ4n) is 2.85. The minimum atomic E-state index is 0.712. The van der Waals surface area contributed by atoms with Crippen LogP contribution in [0.15, 0.2) is 17.3 Å². The first kappa shape index (κ1) is 17.7. The van der Waals surface area contributed by atoms with Gasteiger partial charge in [0.2, 0.25) is 0 Å². The third-order valence-corrected chi connectivity index (χ3v) is 4.46. The Bertz CT molecular complexity index is 479. The van der Waals surface area contributed by atoms with Crippen molar-refractivity contribution in [3.8, 4) is 0 Å². The van der Waals surface area contributed by atoms with E-state index in [0.717, 1.165) is 51.0 Å². The molecule has 0 spiro atoms. The topological polar surface area (TPSA) is 66.7 Å². The van der Waals surface area contributed by atoms with E-state index in [9.17, 15) is 0 Å². The van der Waals surface area contributed by atoms with Crippen LogP contribution in [0.3, 0.4) is 0 Å². The summed E-state index contributed by atoms with van der Waals surface area (Å²) in [5.41, 5.74) is 1.14. The number of nitrogens with zero attached hydrogens (tertiary/aromatic N) is 4. The molecule has 1 fully saturated rings. The number of aliphatic imine (C=N–C) groups is 1. The molecule has 2 heterocycles. The normalized spacial score (nSPS) is 17.4. The van der Waals surface area contributed by atoms with Gasteiger partial charge in [0.25, 0.3) is 0 Å². The lowest BCUT2D eigenvalue weighted by molar-refractivity contribution is 0.121. The fraction of sp³-hybridized carbons (Fsp3) is 0.750. The number of piperidine rings is 1. The largest absolute Gasteiger partial charge is 0.383 e. The zero-order valence-corrected chi connectivity index (χ0v) is 14.6. The molecule has 0 aromatic carbocycles. The summed E-state index contributed by atoms with van der Waals surface area (Å²) in [5.74, 6) is 1.57. The molecule has 1 aromatic rings. The molecule has 0 amide bonds. The maximum absolute atomic E-state index is 5.15. The SMILES string of the molecule is CN=C(NCc1ccnn1C)NCC1CCN(CCOC)CC1. The molecule has 130 valence electrons. The van der Waals surface area contributed by atoms with Gasteiger partial charge in [-0.1, -0.05) is 0 Å². The molecule has 0 radical (unpaired) electrons. The number of methoxy groups -OCH3 is 1. The Kier molecular flexibility index (Phi) is 7.35. The van der Waals surface area contributed by atoms with Crippen molar-refractivity contribution in [3.63, 3.8) is 0 Å². The first-order chi connectivity index (χ1) is 11.2. The summed E-state index contributed by atoms with van der Waals surface area (Å²) in [6, 6.07) is 2.01. The van der Waals surface area contributed by atoms with E-state index in [1.807, 2.05) is 31.0 Å². The minimum Gasteiger partial charge on any atom is -0.383 e. The molecular formula is C16H30N6O. The number of likely N-dealkylation sites (tertiary alicyclic amines) is 1. The third kappa shape index (κ3) is 5.84. The molecule has 1 aromatic heterocycles. The molecule has 0 unspecified atom stereocenters. The van der Waals surface area contributed by atoms with Gasteiger partial charge < -0.3 is 20.3 Å². The van der Waals surface area contributed by atoms with Crippen LogP contribution in [-0.2, 0) is 18.3 Å². The van der Waals surface area contributed by atoms with Gasteiger partial charge in [0.1, 0.15) is 0 Å². The lowest BCUT2D eigenvalue weighted by Gasteiger charge is -2.32. The van der Waals surface area contributed by atoms with E-state index in [0.29, 0.717) is 5.92 Å². The Morgan fingerprint density at radius 3 is 2.78 bits per heavy atom. The van der Waals surface area contributed by atoms with Gasteiger partial charge >= 0.3 is 0 Å². The Morgan fingerprint density at radius 2 is 2.17 bits per heavy atom. The highest BCUT2D eigenvalue weighted by molar-refractivity contribution is 5.79. The van der Waals surface area contributed by atoms with Crippen LogP contribution in [0.5, 0.6) is 0 Å². The van der Waals surface area contributed by atoms with Gasteiger partial charge in [0.05, 0.1) is 18.8 Å². The van der Waals surface area contributed by atoms with E-state index in [1.165, 1.54) is 12.8 Å². The summed E-state index contributed by atoms with van der Waals surface area (Å²) < 4.78 is 7.02. The highest BCUT2D eigenvalue weighted by Gasteiger charge is 2.18. The van der Waals surface area contributed by atoms with Crippen molar-refractivity contribution in [2.45, 2.75) is 19.4 Å². The molecule has 7 heteroatoms. The second kappa shape index (κ2) is 9.52. The second-order valence-corrected chi connectivity index (χ2v) is 6.03. The maximum Gasteiger partial charge on any atom is 0.191 e. The number of nitrogens with one attached hydrogen (secondary N) is 2. The third-order valence-electron chi connectivity index (χ3n) is 4.46. The minimum absolute atomic E-state index is 0.712. The van der Waals surface area contributed by atoms with Crippen molar-refractivity contribution in [2.75, 3.05) is 46.9 Å². The summed E-state index contributed by atoms with van der Waals surface area (Å²) in [6.07, 6.45) is 4.27. The predicted molar refractivity (Wildman–Crippen MR) is 92.4 cm³/mol. The van der Waals surface area contributed by atoms with Gasteiger partial charge in [-0.2, -0.15) is 5.10 Å². The van der Waals surface area contributed by atoms with E-state index < -0.39 is 0 Å². The van der Waals surface area contributed by atoms with Gasteiger partial charge in [-0.05, 0) is 37.9 Å². The molecule has 1 saturated heterocycles. The van der Waals surface area contributed by atoms with Crippen molar-refractivity contribution in [1.82, 2.24) is 25.3 Å². The molecule has 2 rings (SSSR count). The summed E-state index contributed by atoms with van der Waals surface area (Å²) in [5, 5.41) is 11.0. The van der Waals surface area contributed by atoms with Gasteiger partial charge in [0.15, 0.2) is 5.96 Å². The number of aryl methyl sites for hydroxylation is 1. The zero-order chi connectivity index (χ0) is 16.5. The molecule has 0 atom stereocenters. The van der Waals surface area contributed by atoms with Gasteiger partial charge in [-0.3, -0.25) is 9.67 Å². The quantitative estimate of drug-likeness (QED) is 0.563. The molecular weight excluding hydrogens is 292 g/mol. The standard InChI is InChI=1S/C16H30N6O/c1-17-16(19-13-15-4-7-20-21(15)2)18-12-14-5-8-22(9-6-14)10-11-23-3/h4,7,14H,5-6,8-13H2,1-3H3,(H2,17,18,19). The van der Waals surface area contributed by atoms with Crippen molar-refractivity contribution < 1.29 is 4.74 Å². The number of ether oxygens (including phenoxy) is 1. The lowest BCUT2D eigenvalue weighted by atomic mass is 9.97. The van der Waals surface area contributed by atoms with Crippen LogP contribution >= 0.6 is 0 Å². The highest BCUT2D eigenvalue weighted by atomic mass is 16.5. The molecule has 1 aliphatic rings. The van der Waals surface area contributed by atoms with Crippen LogP contribution < -0.4 is 10.6 Å². The van der Waals surface area contributed by atoms with Crippen LogP contribution in [0.2, 0.25) is 0 Å². The molecule has 0 bridgehead atoms. The van der Waals surface area contributed by atoms with Crippen molar-refractivity contribution in [2.24, 2.45) is 18.0 Å². The van der Waals surface area contributed by atoms with E-state index in [1.54, 1.807) is 7.11 Å². The van der Waals surface area contributed by atoms with Crippen molar-refractivity contribution >= 4 is 5.96 Å². The lowest BCUT2D eigenvalue weighted by Crippen LogP contribution is -2.43. The number of rotatable bonds is 7. The smallest absolute Gasteiger partial charge is 0.191 e. The van der Waals surface area contributed by atoms with Crippen LogP contribution in [0, 0.1) is 5.92 Å². The number of aromatic nitrogens is 2. The average molecular weight is 322 g/mol. The molecule has 23 heavy (non-hydrogen) atoms. The average Bonchev–Trinajstić information content (AvgIpc) is 2.99. The van der Waals surface area contributed by atoms with Gasteiger partial charge in [-0.15, -0.1) is 0 Å². The van der Waals surface area contributed by atoms with Crippen LogP contribution in [0.4, 0.5) is 0 Å². The highest BCUT2D eigenvalue weighted by Crippen LogP contribution is 2.15. The van der Waals surface area contributed by atoms with E-state index in [-0.39, 0.29) is 0 Å². The van der Waals surface area contributed by atoms with Crippen molar-refractivity contribution in [3.05, 3.63) is 18.0 Å². The van der Waals surface area contributed by atoms with Crippen LogP contribution in [0.25, 0.3) is 0 Å². The van der Waals surface area contributed by atoms with E-state index >= 15 is 0 Å². The Hall–Kier alpha value is -1.60. The Morgan fingerprint density at radius 1 is 1.39 bits per heavy atom. The molecule has 2 N–H and O–H groups in total. The number of guanidine groups is 1. The first-order valence-electron chi connectivity index (χ1n) is 8.35. The summed E-state index contributed by atoms with van der Waals surface area (Å²) in [6.45, 7) is 5.90. The van der Waals surface area contributed by atoms with Crippen LogP contribution in [-0.4, -0.2) is 67.6 Å². The van der Waals surface area contributed by atoms with Crippen LogP contribution in [0.1, 0.15) is 18.5 Å². The predicted octanol–water partition coefficient (Wildman–Crippen LogP) is 0.444. The number of hydrogen-bond acceptors (Lipinski definition) is 4. The van der Waals surface area contributed by atoms with E-state index in [4.69, 9.17) is 4.74 Å². The molecule has 0 saturated carbocycles. The molecule has 1 aliphatic heterocycles. The van der Waals surface area contributed by atoms with Crippen molar-refractivity contribution in [1.29, 1.82) is 0 Å².